The van der Waals surface area contributed by atoms with Gasteiger partial charge in [0, 0.05) is 50.0 Å². The lowest BCUT2D eigenvalue weighted by molar-refractivity contribution is -0.131. The summed E-state index contributed by atoms with van der Waals surface area (Å²) in [5, 5.41) is 14.7. The van der Waals surface area contributed by atoms with E-state index in [0.29, 0.717) is 41.7 Å². The van der Waals surface area contributed by atoms with E-state index in [0.717, 1.165) is 25.9 Å². The van der Waals surface area contributed by atoms with Crippen molar-refractivity contribution in [3.8, 4) is 0 Å². The molecule has 30 heavy (non-hydrogen) atoms. The standard InChI is InChI=1S/C22H29FN4O3/c1-13-16-12-15(23)6-7-17(16)24-20(13)22(30)25-18-4-3-5-19(21(18)29)27-10-8-26(9-11-27)14(2)28/h6-7,12,18-19,21,24,29H,3-5,8-11H2,1-2H3,(H,25,30)/t18-,19-,21-/m1/s1. The maximum absolute atomic E-state index is 13.6. The van der Waals surface area contributed by atoms with E-state index in [9.17, 15) is 19.1 Å². The first-order valence-corrected chi connectivity index (χ1v) is 10.6. The van der Waals surface area contributed by atoms with Gasteiger partial charge in [-0.2, -0.15) is 0 Å². The van der Waals surface area contributed by atoms with Crippen molar-refractivity contribution in [2.24, 2.45) is 0 Å². The third-order valence-corrected chi connectivity index (χ3v) is 6.61. The van der Waals surface area contributed by atoms with Crippen molar-refractivity contribution in [3.63, 3.8) is 0 Å². The Morgan fingerprint density at radius 2 is 1.93 bits per heavy atom. The predicted octanol–water partition coefficient (Wildman–Crippen LogP) is 1.79. The van der Waals surface area contributed by atoms with E-state index in [1.807, 2.05) is 4.90 Å². The number of aryl methyl sites for hydroxylation is 1. The molecule has 4 rings (SSSR count). The van der Waals surface area contributed by atoms with E-state index in [2.05, 4.69) is 15.2 Å². The van der Waals surface area contributed by atoms with Crippen LogP contribution in [0, 0.1) is 12.7 Å². The van der Waals surface area contributed by atoms with Crippen LogP contribution in [0.3, 0.4) is 0 Å². The number of carbonyl (C=O) groups is 2. The van der Waals surface area contributed by atoms with Crippen LogP contribution in [0.4, 0.5) is 4.39 Å². The van der Waals surface area contributed by atoms with E-state index >= 15 is 0 Å². The zero-order valence-electron chi connectivity index (χ0n) is 17.4. The Morgan fingerprint density at radius 3 is 2.63 bits per heavy atom. The lowest BCUT2D eigenvalue weighted by atomic mass is 9.86. The fraction of sp³-hybridized carbons (Fsp3) is 0.545. The molecule has 8 heteroatoms. The molecule has 2 aromatic rings. The van der Waals surface area contributed by atoms with Crippen LogP contribution in [0.2, 0.25) is 0 Å². The summed E-state index contributed by atoms with van der Waals surface area (Å²) in [6.45, 7) is 6.17. The SMILES string of the molecule is CC(=O)N1CCN([C@@H]2CCC[C@@H](NC(=O)c3[nH]c4ccc(F)cc4c3C)[C@H]2O)CC1. The summed E-state index contributed by atoms with van der Waals surface area (Å²) in [6.07, 6.45) is 1.83. The first-order valence-electron chi connectivity index (χ1n) is 10.6. The van der Waals surface area contributed by atoms with Crippen molar-refractivity contribution < 1.29 is 19.1 Å². The van der Waals surface area contributed by atoms with Gasteiger partial charge in [0.25, 0.3) is 5.91 Å². The molecule has 2 aliphatic rings. The number of hydrogen-bond donors (Lipinski definition) is 3. The number of hydrogen-bond acceptors (Lipinski definition) is 4. The maximum atomic E-state index is 13.6. The first-order chi connectivity index (χ1) is 14.3. The highest BCUT2D eigenvalue weighted by atomic mass is 19.1. The van der Waals surface area contributed by atoms with Gasteiger partial charge in [0.05, 0.1) is 12.1 Å². The Kier molecular flexibility index (Phi) is 5.79. The van der Waals surface area contributed by atoms with Crippen LogP contribution in [0.1, 0.15) is 42.2 Å². The van der Waals surface area contributed by atoms with Gasteiger partial charge in [-0.3, -0.25) is 14.5 Å². The van der Waals surface area contributed by atoms with Crippen LogP contribution in [0.15, 0.2) is 18.2 Å². The van der Waals surface area contributed by atoms with Crippen LogP contribution in [0.25, 0.3) is 10.9 Å². The van der Waals surface area contributed by atoms with Crippen molar-refractivity contribution in [2.75, 3.05) is 26.2 Å². The van der Waals surface area contributed by atoms with Crippen molar-refractivity contribution in [1.29, 1.82) is 0 Å². The number of nitrogens with one attached hydrogen (secondary N) is 2. The zero-order valence-corrected chi connectivity index (χ0v) is 17.4. The van der Waals surface area contributed by atoms with Crippen LogP contribution >= 0.6 is 0 Å². The molecule has 3 N–H and O–H groups in total. The van der Waals surface area contributed by atoms with Gasteiger partial charge in [-0.05, 0) is 49.9 Å². The summed E-state index contributed by atoms with van der Waals surface area (Å²) in [4.78, 5) is 31.6. The summed E-state index contributed by atoms with van der Waals surface area (Å²) in [6, 6.07) is 4.03. The van der Waals surface area contributed by atoms with E-state index in [1.54, 1.807) is 19.9 Å². The summed E-state index contributed by atoms with van der Waals surface area (Å²) in [5.41, 5.74) is 1.81. The molecule has 2 heterocycles. The lowest BCUT2D eigenvalue weighted by Crippen LogP contribution is -2.60. The predicted molar refractivity (Wildman–Crippen MR) is 112 cm³/mol. The number of aliphatic hydroxyl groups is 1. The van der Waals surface area contributed by atoms with Gasteiger partial charge < -0.3 is 20.3 Å². The summed E-state index contributed by atoms with van der Waals surface area (Å²) in [7, 11) is 0. The topological polar surface area (TPSA) is 88.7 Å². The molecule has 1 aromatic heterocycles. The number of fused-ring (bicyclic) bond motifs is 1. The number of aromatic nitrogens is 1. The molecule has 1 saturated heterocycles. The Hall–Kier alpha value is -2.45. The first kappa shape index (κ1) is 20.8. The minimum atomic E-state index is -0.672. The lowest BCUT2D eigenvalue weighted by Gasteiger charge is -2.45. The third-order valence-electron chi connectivity index (χ3n) is 6.61. The molecule has 0 unspecified atom stereocenters. The van der Waals surface area contributed by atoms with Crippen LogP contribution in [-0.2, 0) is 4.79 Å². The van der Waals surface area contributed by atoms with Gasteiger partial charge in [-0.15, -0.1) is 0 Å². The largest absolute Gasteiger partial charge is 0.389 e. The molecule has 0 radical (unpaired) electrons. The molecule has 1 saturated carbocycles. The monoisotopic (exact) mass is 416 g/mol. The normalized spacial score (nSPS) is 25.5. The number of carbonyl (C=O) groups excluding carboxylic acids is 2. The number of piperazine rings is 1. The van der Waals surface area contributed by atoms with Crippen molar-refractivity contribution in [3.05, 3.63) is 35.3 Å². The van der Waals surface area contributed by atoms with Gasteiger partial charge in [0.15, 0.2) is 0 Å². The molecule has 1 aromatic carbocycles. The number of aliphatic hydroxyl groups excluding tert-OH is 1. The van der Waals surface area contributed by atoms with Crippen molar-refractivity contribution in [2.45, 2.75) is 51.3 Å². The molecule has 1 aliphatic carbocycles. The molecular formula is C22H29FN4O3. The number of amides is 2. The molecular weight excluding hydrogens is 387 g/mol. The van der Waals surface area contributed by atoms with E-state index < -0.39 is 6.10 Å². The van der Waals surface area contributed by atoms with Gasteiger partial charge in [-0.1, -0.05) is 0 Å². The molecule has 0 bridgehead atoms. The zero-order chi connectivity index (χ0) is 21.4. The quantitative estimate of drug-likeness (QED) is 0.712. The summed E-state index contributed by atoms with van der Waals surface area (Å²) < 4.78 is 13.6. The molecule has 3 atom stereocenters. The minimum absolute atomic E-state index is 0.0314. The number of H-pyrrole nitrogens is 1. The smallest absolute Gasteiger partial charge is 0.268 e. The fourth-order valence-corrected chi connectivity index (χ4v) is 4.85. The van der Waals surface area contributed by atoms with Gasteiger partial charge in [0.2, 0.25) is 5.91 Å². The summed E-state index contributed by atoms with van der Waals surface area (Å²) in [5.74, 6) is -0.542. The minimum Gasteiger partial charge on any atom is -0.389 e. The molecule has 2 fully saturated rings. The fourth-order valence-electron chi connectivity index (χ4n) is 4.85. The highest BCUT2D eigenvalue weighted by Crippen LogP contribution is 2.27. The van der Waals surface area contributed by atoms with Gasteiger partial charge in [0.1, 0.15) is 11.5 Å². The number of benzene rings is 1. The van der Waals surface area contributed by atoms with Crippen LogP contribution in [0.5, 0.6) is 0 Å². The molecule has 0 spiro atoms. The Bertz CT molecular complexity index is 951. The second-order valence-corrected chi connectivity index (χ2v) is 8.43. The molecule has 7 nitrogen and oxygen atoms in total. The van der Waals surface area contributed by atoms with Gasteiger partial charge in [-0.25, -0.2) is 4.39 Å². The number of nitrogens with zero attached hydrogens (tertiary/aromatic N) is 2. The van der Waals surface area contributed by atoms with E-state index in [4.69, 9.17) is 0 Å². The Morgan fingerprint density at radius 1 is 1.20 bits per heavy atom. The van der Waals surface area contributed by atoms with E-state index in [-0.39, 0.29) is 29.7 Å². The number of rotatable bonds is 3. The second kappa shape index (κ2) is 8.35. The van der Waals surface area contributed by atoms with Crippen molar-refractivity contribution in [1.82, 2.24) is 20.1 Å². The highest BCUT2D eigenvalue weighted by molar-refractivity contribution is 6.01. The number of halogens is 1. The molecule has 2 amide bonds. The third kappa shape index (κ3) is 3.94. The Labute approximate surface area is 175 Å². The van der Waals surface area contributed by atoms with Gasteiger partial charge >= 0.3 is 0 Å². The average Bonchev–Trinajstić information content (AvgIpc) is 3.06. The average molecular weight is 416 g/mol. The number of aromatic amines is 1. The Balaban J connectivity index is 1.44. The van der Waals surface area contributed by atoms with Crippen molar-refractivity contribution >= 4 is 22.7 Å². The molecule has 1 aliphatic heterocycles. The van der Waals surface area contributed by atoms with Crippen LogP contribution < -0.4 is 5.32 Å². The molecule has 162 valence electrons. The second-order valence-electron chi connectivity index (χ2n) is 8.43. The van der Waals surface area contributed by atoms with Crippen LogP contribution in [-0.4, -0.2) is 76.1 Å². The van der Waals surface area contributed by atoms with E-state index in [1.165, 1.54) is 12.1 Å². The summed E-state index contributed by atoms with van der Waals surface area (Å²) >= 11 is 0. The maximum Gasteiger partial charge on any atom is 0.268 e. The highest BCUT2D eigenvalue weighted by Gasteiger charge is 2.37.